The number of alkyl halides is 3. The van der Waals surface area contributed by atoms with Gasteiger partial charge in [0, 0.05) is 18.0 Å². The van der Waals surface area contributed by atoms with Crippen LogP contribution in [0.2, 0.25) is 5.02 Å². The smallest absolute Gasteiger partial charge is 0.416 e. The standard InChI is InChI=1S/C24H24ClF3N3O6PS/c1-13-3-7-15(8-4-13)36-38(39,37-16-9-5-14(2)6-10-16)34-12-24(22(27)28)19(32)18(26)21(35-24)31-11-17(25)20(29)30-23(31)33/h3-11,18-19,21-22,32H,12H2,1-2H3,(H2,29,30,33)/t18-,19-,21+,24+/m0/s1. The molecule has 2 aromatic carbocycles. The van der Waals surface area contributed by atoms with Gasteiger partial charge in [0.25, 0.3) is 6.43 Å². The molecule has 1 saturated heterocycles. The molecule has 0 bridgehead atoms. The molecule has 0 amide bonds. The van der Waals surface area contributed by atoms with Gasteiger partial charge in [-0.15, -0.1) is 0 Å². The number of nitrogen functional groups attached to an aromatic ring is 1. The van der Waals surface area contributed by atoms with E-state index < -0.39 is 49.5 Å². The van der Waals surface area contributed by atoms with Gasteiger partial charge < -0.3 is 24.6 Å². The quantitative estimate of drug-likeness (QED) is 0.334. The number of hydrogen-bond donors (Lipinski definition) is 2. The van der Waals surface area contributed by atoms with E-state index in [9.17, 15) is 18.7 Å². The summed E-state index contributed by atoms with van der Waals surface area (Å²) in [4.78, 5) is 15.7. The highest BCUT2D eigenvalue weighted by molar-refractivity contribution is 8.07. The third kappa shape index (κ3) is 6.24. The number of hydrogen-bond acceptors (Lipinski definition) is 9. The van der Waals surface area contributed by atoms with E-state index >= 15 is 4.39 Å². The van der Waals surface area contributed by atoms with E-state index in [1.54, 1.807) is 48.5 Å². The van der Waals surface area contributed by atoms with Crippen molar-refractivity contribution >= 4 is 35.9 Å². The summed E-state index contributed by atoms with van der Waals surface area (Å²) in [5, 5.41) is 10.4. The molecule has 2 heterocycles. The van der Waals surface area contributed by atoms with Crippen molar-refractivity contribution < 1.29 is 36.6 Å². The lowest BCUT2D eigenvalue weighted by molar-refractivity contribution is -0.192. The number of ether oxygens (including phenoxy) is 1. The molecule has 39 heavy (non-hydrogen) atoms. The third-order valence-corrected chi connectivity index (χ3v) is 8.29. The van der Waals surface area contributed by atoms with Gasteiger partial charge in [0.1, 0.15) is 23.4 Å². The fourth-order valence-corrected chi connectivity index (χ4v) is 5.79. The summed E-state index contributed by atoms with van der Waals surface area (Å²) in [7, 11) is 0. The van der Waals surface area contributed by atoms with Crippen LogP contribution in [0.15, 0.2) is 59.5 Å². The summed E-state index contributed by atoms with van der Waals surface area (Å²) >= 11 is 11.4. The minimum absolute atomic E-state index is 0.227. The van der Waals surface area contributed by atoms with Crippen LogP contribution in [0.25, 0.3) is 0 Å². The van der Waals surface area contributed by atoms with Crippen LogP contribution in [-0.4, -0.2) is 45.6 Å². The largest absolute Gasteiger partial charge is 0.435 e. The summed E-state index contributed by atoms with van der Waals surface area (Å²) in [6, 6.07) is 13.3. The highest BCUT2D eigenvalue weighted by atomic mass is 35.5. The summed E-state index contributed by atoms with van der Waals surface area (Å²) < 4.78 is 67.3. The van der Waals surface area contributed by atoms with Gasteiger partial charge in [-0.1, -0.05) is 47.0 Å². The molecule has 0 saturated carbocycles. The molecule has 15 heteroatoms. The van der Waals surface area contributed by atoms with Gasteiger partial charge in [-0.05, 0) is 38.1 Å². The van der Waals surface area contributed by atoms with Crippen LogP contribution in [0.5, 0.6) is 11.5 Å². The van der Waals surface area contributed by atoms with E-state index in [4.69, 9.17) is 47.4 Å². The Bertz CT molecular complexity index is 1380. The first kappa shape index (κ1) is 29.3. The van der Waals surface area contributed by atoms with Crippen molar-refractivity contribution in [3.05, 3.63) is 81.4 Å². The second-order valence-electron chi connectivity index (χ2n) is 8.85. The SMILES string of the molecule is Cc1ccc(OP(=S)(OC[C@@]2(C(F)F)O[C@@H](n3cc(Cl)c(N)nc3=O)[C@@H](F)[C@@H]2O)Oc2ccc(C)cc2)cc1. The van der Waals surface area contributed by atoms with Gasteiger partial charge in [0.2, 0.25) is 0 Å². The number of aryl methyl sites for hydroxylation is 2. The molecular formula is C24H24ClF3N3O6PS. The minimum Gasteiger partial charge on any atom is -0.416 e. The van der Waals surface area contributed by atoms with E-state index in [2.05, 4.69) is 4.98 Å². The Morgan fingerprint density at radius 3 is 2.15 bits per heavy atom. The number of aliphatic hydroxyl groups is 1. The number of anilines is 1. The molecule has 0 aliphatic carbocycles. The second-order valence-corrected chi connectivity index (χ2v) is 12.1. The van der Waals surface area contributed by atoms with Crippen molar-refractivity contribution in [1.29, 1.82) is 0 Å². The maximum Gasteiger partial charge on any atom is 0.435 e. The van der Waals surface area contributed by atoms with Gasteiger partial charge in [-0.3, -0.25) is 9.09 Å². The maximum atomic E-state index is 15.2. The Balaban J connectivity index is 1.65. The molecule has 210 valence electrons. The summed E-state index contributed by atoms with van der Waals surface area (Å²) in [6.07, 6.45) is -9.59. The van der Waals surface area contributed by atoms with Crippen LogP contribution in [-0.2, 0) is 21.1 Å². The van der Waals surface area contributed by atoms with Crippen LogP contribution in [0.3, 0.4) is 0 Å². The maximum absolute atomic E-state index is 15.2. The first-order valence-corrected chi connectivity index (χ1v) is 14.4. The van der Waals surface area contributed by atoms with Crippen LogP contribution in [0, 0.1) is 13.8 Å². The zero-order valence-corrected chi connectivity index (χ0v) is 23.0. The van der Waals surface area contributed by atoms with Crippen molar-refractivity contribution in [3.8, 4) is 11.5 Å². The average molecular weight is 606 g/mol. The molecule has 1 fully saturated rings. The Morgan fingerprint density at radius 1 is 1.15 bits per heavy atom. The monoisotopic (exact) mass is 605 g/mol. The number of rotatable bonds is 9. The summed E-state index contributed by atoms with van der Waals surface area (Å²) in [5.74, 6) is 0.105. The lowest BCUT2D eigenvalue weighted by Crippen LogP contribution is -2.52. The molecule has 4 rings (SSSR count). The molecular weight excluding hydrogens is 582 g/mol. The van der Waals surface area contributed by atoms with Crippen LogP contribution < -0.4 is 20.5 Å². The number of benzene rings is 2. The van der Waals surface area contributed by atoms with Gasteiger partial charge in [-0.25, -0.2) is 18.0 Å². The number of aromatic nitrogens is 2. The van der Waals surface area contributed by atoms with Gasteiger partial charge in [0.05, 0.1) is 11.6 Å². The number of aliphatic hydroxyl groups excluding tert-OH is 1. The topological polar surface area (TPSA) is 118 Å². The molecule has 1 aromatic heterocycles. The third-order valence-electron chi connectivity index (χ3n) is 5.92. The number of halogens is 4. The normalized spacial score (nSPS) is 23.2. The van der Waals surface area contributed by atoms with Crippen molar-refractivity contribution in [3.63, 3.8) is 0 Å². The highest BCUT2D eigenvalue weighted by Crippen LogP contribution is 2.53. The molecule has 0 unspecified atom stereocenters. The van der Waals surface area contributed by atoms with Crippen molar-refractivity contribution in [1.82, 2.24) is 9.55 Å². The van der Waals surface area contributed by atoms with Crippen LogP contribution >= 0.6 is 18.3 Å². The predicted molar refractivity (Wildman–Crippen MR) is 142 cm³/mol. The Labute approximate surface area is 231 Å². The molecule has 1 aliphatic rings. The van der Waals surface area contributed by atoms with Crippen molar-refractivity contribution in [2.45, 2.75) is 44.4 Å². The Morgan fingerprint density at radius 2 is 1.67 bits per heavy atom. The fourth-order valence-electron chi connectivity index (χ4n) is 3.71. The van der Waals surface area contributed by atoms with Crippen molar-refractivity contribution in [2.24, 2.45) is 0 Å². The Kier molecular flexibility index (Phi) is 8.60. The molecule has 0 spiro atoms. The number of nitrogens with two attached hydrogens (primary N) is 1. The molecule has 3 N–H and O–H groups in total. The van der Waals surface area contributed by atoms with Crippen LogP contribution in [0.1, 0.15) is 17.4 Å². The highest BCUT2D eigenvalue weighted by Gasteiger charge is 2.62. The first-order chi connectivity index (χ1) is 18.3. The van der Waals surface area contributed by atoms with E-state index in [0.717, 1.165) is 17.3 Å². The lowest BCUT2D eigenvalue weighted by atomic mass is 9.97. The van der Waals surface area contributed by atoms with Gasteiger partial charge in [-0.2, -0.15) is 4.98 Å². The molecule has 4 atom stereocenters. The summed E-state index contributed by atoms with van der Waals surface area (Å²) in [6.45, 7) is -1.37. The first-order valence-electron chi connectivity index (χ1n) is 11.4. The second kappa shape index (κ2) is 11.4. The Hall–Kier alpha value is -2.67. The fraction of sp³-hybridized carbons (Fsp3) is 0.333. The van der Waals surface area contributed by atoms with Gasteiger partial charge in [0.15, 0.2) is 18.0 Å². The van der Waals surface area contributed by atoms with E-state index in [1.165, 1.54) is 0 Å². The molecule has 9 nitrogen and oxygen atoms in total. The molecule has 3 aromatic rings. The number of nitrogens with zero attached hydrogens (tertiary/aromatic N) is 2. The van der Waals surface area contributed by atoms with Crippen LogP contribution in [0.4, 0.5) is 19.0 Å². The van der Waals surface area contributed by atoms with Crippen molar-refractivity contribution in [2.75, 3.05) is 12.3 Å². The molecule has 1 aliphatic heterocycles. The van der Waals surface area contributed by atoms with E-state index in [1.807, 2.05) is 13.8 Å². The average Bonchev–Trinajstić information content (AvgIpc) is 3.14. The molecule has 0 radical (unpaired) electrons. The van der Waals surface area contributed by atoms with Gasteiger partial charge >= 0.3 is 12.4 Å². The zero-order chi connectivity index (χ0) is 28.5. The minimum atomic E-state index is -3.92. The lowest BCUT2D eigenvalue weighted by Gasteiger charge is -2.32. The van der Waals surface area contributed by atoms with E-state index in [0.29, 0.717) is 4.57 Å². The summed E-state index contributed by atoms with van der Waals surface area (Å²) in [5.41, 5.74) is 3.22. The zero-order valence-electron chi connectivity index (χ0n) is 20.5. The predicted octanol–water partition coefficient (Wildman–Crippen LogP) is 4.73. The van der Waals surface area contributed by atoms with E-state index in [-0.39, 0.29) is 22.3 Å².